The molecule has 0 unspecified atom stereocenters. The average molecular weight is 505 g/mol. The van der Waals surface area contributed by atoms with E-state index in [0.717, 1.165) is 18.2 Å². The van der Waals surface area contributed by atoms with Gasteiger partial charge in [-0.05, 0) is 30.3 Å². The lowest BCUT2D eigenvalue weighted by Gasteiger charge is -2.09. The van der Waals surface area contributed by atoms with Crippen LogP contribution in [0.1, 0.15) is 34.7 Å². The molecule has 10 nitrogen and oxygen atoms in total. The highest BCUT2D eigenvalue weighted by Gasteiger charge is 2.22. The predicted octanol–water partition coefficient (Wildman–Crippen LogP) is 5.57. The first-order valence-corrected chi connectivity index (χ1v) is 10.0. The maximum Gasteiger partial charge on any atom is 0.280 e. The Balaban J connectivity index is 1.64. The number of hydrogen-bond donors (Lipinski definition) is 1. The van der Waals surface area contributed by atoms with E-state index >= 15 is 0 Å². The molecule has 14 heteroatoms. The van der Waals surface area contributed by atoms with E-state index in [1.165, 1.54) is 13.2 Å². The number of aromatic nitrogens is 3. The third-order valence-corrected chi connectivity index (χ3v) is 4.81. The number of alkyl halides is 4. The average Bonchev–Trinajstić information content (AvgIpc) is 3.28. The molecular weight excluding hydrogens is 490 g/mol. The molecule has 2 heterocycles. The van der Waals surface area contributed by atoms with Gasteiger partial charge in [0.05, 0.1) is 23.8 Å². The number of amides is 1. The van der Waals surface area contributed by atoms with Gasteiger partial charge in [0.1, 0.15) is 28.6 Å². The van der Waals surface area contributed by atoms with Gasteiger partial charge in [0, 0.05) is 18.2 Å². The molecule has 2 aromatic carbocycles. The predicted molar refractivity (Wildman–Crippen MR) is 117 cm³/mol. The Labute approximate surface area is 199 Å². The topological polar surface area (TPSA) is 121 Å². The van der Waals surface area contributed by atoms with Gasteiger partial charge in [-0.1, -0.05) is 0 Å². The van der Waals surface area contributed by atoms with Crippen LogP contribution in [0.4, 0.5) is 28.9 Å². The lowest BCUT2D eigenvalue weighted by atomic mass is 10.2. The smallest absolute Gasteiger partial charge is 0.280 e. The molecule has 0 bridgehead atoms. The second kappa shape index (κ2) is 9.85. The molecule has 0 spiro atoms. The van der Waals surface area contributed by atoms with Crippen molar-refractivity contribution in [1.82, 2.24) is 14.6 Å². The molecule has 0 aliphatic rings. The minimum Gasteiger partial charge on any atom is -0.497 e. The Bertz CT molecular complexity index is 1440. The van der Waals surface area contributed by atoms with Crippen LogP contribution in [0.5, 0.6) is 17.2 Å². The number of carbonyl (C=O) groups excluding carboxylic acids is 1. The number of nitro benzene ring substituents is 1. The van der Waals surface area contributed by atoms with Crippen LogP contribution in [0, 0.1) is 10.1 Å². The summed E-state index contributed by atoms with van der Waals surface area (Å²) in [5, 5.41) is 17.5. The maximum absolute atomic E-state index is 13.4. The molecule has 0 saturated heterocycles. The Kier molecular flexibility index (Phi) is 6.67. The molecular formula is C22H15F4N5O5. The molecule has 2 aromatic heterocycles. The van der Waals surface area contributed by atoms with Crippen molar-refractivity contribution in [2.45, 2.75) is 12.9 Å². The van der Waals surface area contributed by atoms with E-state index in [1.807, 2.05) is 0 Å². The van der Waals surface area contributed by atoms with Crippen molar-refractivity contribution in [3.8, 4) is 17.2 Å². The Morgan fingerprint density at radius 3 is 2.31 bits per heavy atom. The van der Waals surface area contributed by atoms with Gasteiger partial charge in [-0.2, -0.15) is 5.10 Å². The highest BCUT2D eigenvalue weighted by atomic mass is 19.3. The first-order valence-electron chi connectivity index (χ1n) is 10.0. The number of benzene rings is 2. The zero-order valence-electron chi connectivity index (χ0n) is 18.2. The lowest BCUT2D eigenvalue weighted by molar-refractivity contribution is -0.384. The first kappa shape index (κ1) is 24.4. The molecule has 0 fully saturated rings. The molecule has 36 heavy (non-hydrogen) atoms. The minimum atomic E-state index is -3.17. The zero-order valence-corrected chi connectivity index (χ0v) is 18.2. The normalized spacial score (nSPS) is 11.2. The fourth-order valence-corrected chi connectivity index (χ4v) is 3.19. The number of carbonyl (C=O) groups is 1. The number of nitro groups is 1. The number of non-ortho nitro benzene ring substituents is 1. The molecule has 0 aliphatic carbocycles. The van der Waals surface area contributed by atoms with Gasteiger partial charge in [0.2, 0.25) is 0 Å². The van der Waals surface area contributed by atoms with Gasteiger partial charge >= 0.3 is 0 Å². The molecule has 186 valence electrons. The molecule has 1 N–H and O–H groups in total. The van der Waals surface area contributed by atoms with Crippen LogP contribution in [0.25, 0.3) is 5.65 Å². The van der Waals surface area contributed by atoms with Crippen molar-refractivity contribution < 1.29 is 36.8 Å². The second-order valence-electron chi connectivity index (χ2n) is 7.21. The van der Waals surface area contributed by atoms with E-state index in [-0.39, 0.29) is 11.4 Å². The van der Waals surface area contributed by atoms with Crippen molar-refractivity contribution in [2.24, 2.45) is 0 Å². The number of methoxy groups -OCH3 is 1. The quantitative estimate of drug-likeness (QED) is 0.189. The highest BCUT2D eigenvalue weighted by molar-refractivity contribution is 6.03. The van der Waals surface area contributed by atoms with E-state index < -0.39 is 52.1 Å². The number of anilines is 1. The Morgan fingerprint density at radius 2 is 1.69 bits per heavy atom. The fraction of sp³-hybridized carbons (Fsp3) is 0.136. The summed E-state index contributed by atoms with van der Waals surface area (Å²) in [6.45, 7) is 0. The second-order valence-corrected chi connectivity index (χ2v) is 7.21. The van der Waals surface area contributed by atoms with Crippen LogP contribution in [-0.2, 0) is 0 Å². The third kappa shape index (κ3) is 5.16. The number of rotatable bonds is 8. The molecule has 1 amide bonds. The molecule has 0 aliphatic heterocycles. The van der Waals surface area contributed by atoms with E-state index in [4.69, 9.17) is 9.47 Å². The van der Waals surface area contributed by atoms with E-state index in [9.17, 15) is 32.5 Å². The Hall–Kier alpha value is -4.75. The molecule has 4 rings (SSSR count). The fourth-order valence-electron chi connectivity index (χ4n) is 3.19. The van der Waals surface area contributed by atoms with Gasteiger partial charge in [0.25, 0.3) is 24.4 Å². The number of nitrogens with zero attached hydrogens (tertiary/aromatic N) is 4. The van der Waals surface area contributed by atoms with E-state index in [2.05, 4.69) is 15.4 Å². The van der Waals surface area contributed by atoms with Crippen molar-refractivity contribution in [3.63, 3.8) is 0 Å². The number of fused-ring (bicyclic) bond motifs is 1. The van der Waals surface area contributed by atoms with Gasteiger partial charge in [-0.3, -0.25) is 14.9 Å². The molecule has 0 atom stereocenters. The largest absolute Gasteiger partial charge is 0.497 e. The van der Waals surface area contributed by atoms with Crippen molar-refractivity contribution in [1.29, 1.82) is 0 Å². The number of nitrogens with one attached hydrogen (secondary N) is 1. The standard InChI is InChI=1S/C22H15F4N5O5/c1-35-13-2-4-14(5-3-13)36-15-7-11(6-12(8-15)31(33)34)27-22(32)17-10-19-28-16(20(23)24)9-18(21(25)26)30(19)29-17/h2-10,20-21H,1H3,(H,27,32). The number of hydrogen-bond acceptors (Lipinski definition) is 7. The molecule has 0 radical (unpaired) electrons. The monoisotopic (exact) mass is 505 g/mol. The van der Waals surface area contributed by atoms with E-state index in [1.54, 1.807) is 24.3 Å². The number of halogens is 4. The molecule has 4 aromatic rings. The summed E-state index contributed by atoms with van der Waals surface area (Å²) in [7, 11) is 1.48. The summed E-state index contributed by atoms with van der Waals surface area (Å²) < 4.78 is 64.1. The summed E-state index contributed by atoms with van der Waals surface area (Å²) in [5.74, 6) is -0.0422. The van der Waals surface area contributed by atoms with Crippen molar-refractivity contribution in [2.75, 3.05) is 12.4 Å². The van der Waals surface area contributed by atoms with Gasteiger partial charge in [-0.25, -0.2) is 27.1 Å². The summed E-state index contributed by atoms with van der Waals surface area (Å²) in [4.78, 5) is 27.0. The zero-order chi connectivity index (χ0) is 26.0. The van der Waals surface area contributed by atoms with Gasteiger partial charge in [-0.15, -0.1) is 0 Å². The van der Waals surface area contributed by atoms with Gasteiger partial charge < -0.3 is 14.8 Å². The highest BCUT2D eigenvalue weighted by Crippen LogP contribution is 2.31. The van der Waals surface area contributed by atoms with Crippen molar-refractivity contribution >= 4 is 22.9 Å². The lowest BCUT2D eigenvalue weighted by Crippen LogP contribution is -2.13. The van der Waals surface area contributed by atoms with Crippen LogP contribution in [0.3, 0.4) is 0 Å². The minimum absolute atomic E-state index is 0.0166. The first-order chi connectivity index (χ1) is 17.1. The number of ether oxygens (including phenoxy) is 2. The van der Waals surface area contributed by atoms with Crippen LogP contribution in [-0.4, -0.2) is 32.5 Å². The van der Waals surface area contributed by atoms with Crippen LogP contribution < -0.4 is 14.8 Å². The SMILES string of the molecule is COc1ccc(Oc2cc(NC(=O)c3cc4nc(C(F)F)cc(C(F)F)n4n3)cc([N+](=O)[O-])c2)cc1. The van der Waals surface area contributed by atoms with Crippen LogP contribution >= 0.6 is 0 Å². The summed E-state index contributed by atoms with van der Waals surface area (Å²) >= 11 is 0. The molecule has 0 saturated carbocycles. The summed E-state index contributed by atoms with van der Waals surface area (Å²) in [6, 6.07) is 11.3. The maximum atomic E-state index is 13.4. The van der Waals surface area contributed by atoms with Crippen molar-refractivity contribution in [3.05, 3.63) is 81.8 Å². The summed E-state index contributed by atoms with van der Waals surface area (Å²) in [5.41, 5.74) is -3.07. The summed E-state index contributed by atoms with van der Waals surface area (Å²) in [6.07, 6.45) is -6.29. The van der Waals surface area contributed by atoms with Crippen LogP contribution in [0.2, 0.25) is 0 Å². The van der Waals surface area contributed by atoms with E-state index in [0.29, 0.717) is 22.1 Å². The Morgan fingerprint density at radius 1 is 1.00 bits per heavy atom. The van der Waals surface area contributed by atoms with Gasteiger partial charge in [0.15, 0.2) is 11.3 Å². The third-order valence-electron chi connectivity index (χ3n) is 4.81. The van der Waals surface area contributed by atoms with Crippen LogP contribution in [0.15, 0.2) is 54.6 Å².